The second kappa shape index (κ2) is 3.90. The molecular weight excluding hydrogens is 190 g/mol. The minimum absolute atomic E-state index is 0.141. The molecule has 0 spiro atoms. The van der Waals surface area contributed by atoms with E-state index in [0.29, 0.717) is 5.88 Å². The Morgan fingerprint density at radius 1 is 1.47 bits per heavy atom. The van der Waals surface area contributed by atoms with E-state index in [1.807, 2.05) is 31.3 Å². The van der Waals surface area contributed by atoms with Gasteiger partial charge in [0.2, 0.25) is 5.88 Å². The van der Waals surface area contributed by atoms with Gasteiger partial charge >= 0.3 is 0 Å². The van der Waals surface area contributed by atoms with Crippen molar-refractivity contribution in [2.24, 2.45) is 5.73 Å². The monoisotopic (exact) mass is 205 g/mol. The SMILES string of the molecule is COc1ccc2c(ccn2C[C@@H](C)N)n1. The van der Waals surface area contributed by atoms with Crippen molar-refractivity contribution in [2.75, 3.05) is 7.11 Å². The number of ether oxygens (including phenoxy) is 1. The van der Waals surface area contributed by atoms with Gasteiger partial charge in [-0.2, -0.15) is 0 Å². The molecule has 15 heavy (non-hydrogen) atoms. The molecule has 0 unspecified atom stereocenters. The largest absolute Gasteiger partial charge is 0.481 e. The molecule has 0 fully saturated rings. The van der Waals surface area contributed by atoms with Crippen LogP contribution in [-0.2, 0) is 6.54 Å². The van der Waals surface area contributed by atoms with Gasteiger partial charge in [0.25, 0.3) is 0 Å². The average Bonchev–Trinajstić information content (AvgIpc) is 2.60. The van der Waals surface area contributed by atoms with Gasteiger partial charge in [-0.3, -0.25) is 0 Å². The standard InChI is InChI=1S/C11H15N3O/c1-8(12)7-14-6-5-9-10(14)3-4-11(13-9)15-2/h3-6,8H,7,12H2,1-2H3/t8-/m1/s1. The maximum absolute atomic E-state index is 5.76. The number of hydrogen-bond donors (Lipinski definition) is 1. The molecule has 0 saturated carbocycles. The molecule has 0 radical (unpaired) electrons. The van der Waals surface area contributed by atoms with Crippen molar-refractivity contribution in [1.82, 2.24) is 9.55 Å². The minimum Gasteiger partial charge on any atom is -0.481 e. The number of nitrogens with two attached hydrogens (primary N) is 1. The maximum Gasteiger partial charge on any atom is 0.213 e. The van der Waals surface area contributed by atoms with Crippen LogP contribution in [0.25, 0.3) is 11.0 Å². The molecule has 0 aliphatic rings. The van der Waals surface area contributed by atoms with E-state index >= 15 is 0 Å². The van der Waals surface area contributed by atoms with Crippen LogP contribution in [0.3, 0.4) is 0 Å². The highest BCUT2D eigenvalue weighted by molar-refractivity contribution is 5.76. The highest BCUT2D eigenvalue weighted by Crippen LogP contribution is 2.17. The van der Waals surface area contributed by atoms with Gasteiger partial charge < -0.3 is 15.0 Å². The molecule has 4 nitrogen and oxygen atoms in total. The third-order valence-corrected chi connectivity index (χ3v) is 2.29. The molecule has 0 saturated heterocycles. The molecule has 2 aromatic rings. The highest BCUT2D eigenvalue weighted by Gasteiger charge is 2.04. The molecule has 4 heteroatoms. The first-order chi connectivity index (χ1) is 7.20. The molecule has 2 N–H and O–H groups in total. The fourth-order valence-electron chi connectivity index (χ4n) is 1.64. The number of aromatic nitrogens is 2. The first kappa shape index (κ1) is 9.98. The van der Waals surface area contributed by atoms with Crippen LogP contribution in [0.2, 0.25) is 0 Å². The molecule has 2 heterocycles. The van der Waals surface area contributed by atoms with Gasteiger partial charge in [-0.15, -0.1) is 0 Å². The summed E-state index contributed by atoms with van der Waals surface area (Å²) in [5.41, 5.74) is 7.80. The van der Waals surface area contributed by atoms with E-state index in [1.165, 1.54) is 0 Å². The summed E-state index contributed by atoms with van der Waals surface area (Å²) < 4.78 is 7.17. The van der Waals surface area contributed by atoms with Crippen LogP contribution in [0.4, 0.5) is 0 Å². The van der Waals surface area contributed by atoms with Crippen LogP contribution < -0.4 is 10.5 Å². The van der Waals surface area contributed by atoms with Crippen molar-refractivity contribution < 1.29 is 4.74 Å². The van der Waals surface area contributed by atoms with Crippen molar-refractivity contribution in [3.63, 3.8) is 0 Å². The van der Waals surface area contributed by atoms with Crippen LogP contribution in [0.1, 0.15) is 6.92 Å². The Balaban J connectivity index is 2.43. The number of rotatable bonds is 3. The molecule has 1 atom stereocenters. The highest BCUT2D eigenvalue weighted by atomic mass is 16.5. The van der Waals surface area contributed by atoms with Crippen molar-refractivity contribution in [3.8, 4) is 5.88 Å². The zero-order chi connectivity index (χ0) is 10.8. The van der Waals surface area contributed by atoms with Gasteiger partial charge in [-0.25, -0.2) is 4.98 Å². The Morgan fingerprint density at radius 3 is 2.93 bits per heavy atom. The van der Waals surface area contributed by atoms with Gasteiger partial charge in [-0.1, -0.05) is 0 Å². The van der Waals surface area contributed by atoms with Gasteiger partial charge in [0.05, 0.1) is 18.1 Å². The third-order valence-electron chi connectivity index (χ3n) is 2.29. The number of methoxy groups -OCH3 is 1. The fraction of sp³-hybridized carbons (Fsp3) is 0.364. The summed E-state index contributed by atoms with van der Waals surface area (Å²) in [4.78, 5) is 4.34. The lowest BCUT2D eigenvalue weighted by Crippen LogP contribution is -2.21. The first-order valence-electron chi connectivity index (χ1n) is 4.96. The Morgan fingerprint density at radius 2 is 2.27 bits per heavy atom. The smallest absolute Gasteiger partial charge is 0.213 e. The number of pyridine rings is 1. The second-order valence-corrected chi connectivity index (χ2v) is 3.70. The Labute approximate surface area is 88.7 Å². The van der Waals surface area contributed by atoms with E-state index < -0.39 is 0 Å². The zero-order valence-corrected chi connectivity index (χ0v) is 8.97. The van der Waals surface area contributed by atoms with Crippen LogP contribution in [0.5, 0.6) is 5.88 Å². The Bertz CT molecular complexity index is 462. The fourth-order valence-corrected chi connectivity index (χ4v) is 1.64. The molecule has 0 aromatic carbocycles. The first-order valence-corrected chi connectivity index (χ1v) is 4.96. The number of nitrogens with zero attached hydrogens (tertiary/aromatic N) is 2. The molecule has 0 bridgehead atoms. The van der Waals surface area contributed by atoms with Gasteiger partial charge in [-0.05, 0) is 19.1 Å². The maximum atomic E-state index is 5.76. The predicted molar refractivity (Wildman–Crippen MR) is 59.9 cm³/mol. The van der Waals surface area contributed by atoms with Gasteiger partial charge in [0, 0.05) is 24.8 Å². The van der Waals surface area contributed by atoms with E-state index in [-0.39, 0.29) is 6.04 Å². The van der Waals surface area contributed by atoms with Crippen molar-refractivity contribution in [1.29, 1.82) is 0 Å². The Kier molecular flexibility index (Phi) is 2.60. The summed E-state index contributed by atoms with van der Waals surface area (Å²) in [6.07, 6.45) is 2.00. The summed E-state index contributed by atoms with van der Waals surface area (Å²) in [5, 5.41) is 0. The van der Waals surface area contributed by atoms with Crippen molar-refractivity contribution in [2.45, 2.75) is 19.5 Å². The van der Waals surface area contributed by atoms with E-state index in [4.69, 9.17) is 10.5 Å². The molecule has 2 rings (SSSR count). The van der Waals surface area contributed by atoms with E-state index in [1.54, 1.807) is 7.11 Å². The summed E-state index contributed by atoms with van der Waals surface area (Å²) in [5.74, 6) is 0.640. The van der Waals surface area contributed by atoms with Gasteiger partial charge in [0.1, 0.15) is 0 Å². The quantitative estimate of drug-likeness (QED) is 0.823. The van der Waals surface area contributed by atoms with E-state index in [0.717, 1.165) is 17.6 Å². The molecular formula is C11H15N3O. The molecule has 0 amide bonds. The normalized spacial score (nSPS) is 13.0. The molecule has 0 aliphatic heterocycles. The van der Waals surface area contributed by atoms with E-state index in [9.17, 15) is 0 Å². The lowest BCUT2D eigenvalue weighted by molar-refractivity contribution is 0.399. The van der Waals surface area contributed by atoms with Crippen LogP contribution in [0, 0.1) is 0 Å². The van der Waals surface area contributed by atoms with Crippen molar-refractivity contribution in [3.05, 3.63) is 24.4 Å². The number of fused-ring (bicyclic) bond motifs is 1. The van der Waals surface area contributed by atoms with E-state index in [2.05, 4.69) is 9.55 Å². The zero-order valence-electron chi connectivity index (χ0n) is 8.97. The lowest BCUT2D eigenvalue weighted by atomic mass is 10.3. The van der Waals surface area contributed by atoms with Crippen LogP contribution in [0.15, 0.2) is 24.4 Å². The summed E-state index contributed by atoms with van der Waals surface area (Å²) in [6.45, 7) is 2.79. The molecule has 2 aromatic heterocycles. The topological polar surface area (TPSA) is 53.1 Å². The van der Waals surface area contributed by atoms with Gasteiger partial charge in [0.15, 0.2) is 0 Å². The minimum atomic E-state index is 0.141. The second-order valence-electron chi connectivity index (χ2n) is 3.70. The third kappa shape index (κ3) is 1.94. The van der Waals surface area contributed by atoms with Crippen LogP contribution in [-0.4, -0.2) is 22.7 Å². The average molecular weight is 205 g/mol. The molecule has 80 valence electrons. The summed E-state index contributed by atoms with van der Waals surface area (Å²) in [7, 11) is 1.62. The lowest BCUT2D eigenvalue weighted by Gasteiger charge is -2.08. The molecule has 0 aliphatic carbocycles. The summed E-state index contributed by atoms with van der Waals surface area (Å²) in [6, 6.07) is 5.98. The summed E-state index contributed by atoms with van der Waals surface area (Å²) >= 11 is 0. The predicted octanol–water partition coefficient (Wildman–Crippen LogP) is 1.39. The van der Waals surface area contributed by atoms with Crippen molar-refractivity contribution >= 4 is 11.0 Å². The number of hydrogen-bond acceptors (Lipinski definition) is 3. The Hall–Kier alpha value is -1.55. The van der Waals surface area contributed by atoms with Crippen LogP contribution >= 0.6 is 0 Å².